The first-order chi connectivity index (χ1) is 10.2. The van der Waals surface area contributed by atoms with Gasteiger partial charge in [-0.25, -0.2) is 14.8 Å². The Labute approximate surface area is 123 Å². The van der Waals surface area contributed by atoms with Crippen LogP contribution in [0.3, 0.4) is 0 Å². The SMILES string of the molecule is C[C@@H]1CCCCC[C@@H]1NC(=O)Nc1cnc2[nH]ccc2n1. The summed E-state index contributed by atoms with van der Waals surface area (Å²) in [5.41, 5.74) is 1.47. The Morgan fingerprint density at radius 2 is 2.19 bits per heavy atom. The molecular weight excluding hydrogens is 266 g/mol. The zero-order valence-electron chi connectivity index (χ0n) is 12.2. The molecule has 2 aromatic rings. The zero-order valence-corrected chi connectivity index (χ0v) is 12.2. The molecule has 3 rings (SSSR count). The number of nitrogens with zero attached hydrogens (tertiary/aromatic N) is 2. The molecule has 0 aromatic carbocycles. The molecule has 0 saturated heterocycles. The van der Waals surface area contributed by atoms with Crippen molar-refractivity contribution in [2.24, 2.45) is 5.92 Å². The predicted molar refractivity (Wildman–Crippen MR) is 82.1 cm³/mol. The molecule has 0 radical (unpaired) electrons. The van der Waals surface area contributed by atoms with Gasteiger partial charge in [0, 0.05) is 12.2 Å². The van der Waals surface area contributed by atoms with Crippen molar-refractivity contribution >= 4 is 23.0 Å². The summed E-state index contributed by atoms with van der Waals surface area (Å²) in [6, 6.07) is 1.88. The summed E-state index contributed by atoms with van der Waals surface area (Å²) >= 11 is 0. The average molecular weight is 287 g/mol. The predicted octanol–water partition coefficient (Wildman–Crippen LogP) is 3.05. The molecule has 0 bridgehead atoms. The fraction of sp³-hybridized carbons (Fsp3) is 0.533. The maximum Gasteiger partial charge on any atom is 0.320 e. The van der Waals surface area contributed by atoms with Crippen LogP contribution in [0, 0.1) is 5.92 Å². The van der Waals surface area contributed by atoms with Gasteiger partial charge in [0.25, 0.3) is 0 Å². The number of amides is 2. The van der Waals surface area contributed by atoms with E-state index in [2.05, 4.69) is 32.5 Å². The molecule has 112 valence electrons. The molecular formula is C15H21N5O. The lowest BCUT2D eigenvalue weighted by atomic mass is 9.97. The van der Waals surface area contributed by atoms with Gasteiger partial charge < -0.3 is 10.3 Å². The Morgan fingerprint density at radius 1 is 1.33 bits per heavy atom. The molecule has 3 N–H and O–H groups in total. The molecule has 21 heavy (non-hydrogen) atoms. The van der Waals surface area contributed by atoms with E-state index in [-0.39, 0.29) is 12.1 Å². The van der Waals surface area contributed by atoms with E-state index in [0.29, 0.717) is 11.7 Å². The number of fused-ring (bicyclic) bond motifs is 1. The summed E-state index contributed by atoms with van der Waals surface area (Å²) in [6.45, 7) is 2.21. The second-order valence-corrected chi connectivity index (χ2v) is 5.79. The van der Waals surface area contributed by atoms with Crippen LogP contribution < -0.4 is 10.6 Å². The fourth-order valence-electron chi connectivity index (χ4n) is 2.92. The summed E-state index contributed by atoms with van der Waals surface area (Å²) in [7, 11) is 0. The average Bonchev–Trinajstić information content (AvgIpc) is 2.84. The van der Waals surface area contributed by atoms with Crippen molar-refractivity contribution < 1.29 is 4.79 Å². The molecule has 6 heteroatoms. The molecule has 1 aliphatic rings. The lowest BCUT2D eigenvalue weighted by Crippen LogP contribution is -2.41. The number of urea groups is 1. The van der Waals surface area contributed by atoms with E-state index >= 15 is 0 Å². The molecule has 2 amide bonds. The van der Waals surface area contributed by atoms with Gasteiger partial charge >= 0.3 is 6.03 Å². The number of carbonyl (C=O) groups excluding carboxylic acids is 1. The summed E-state index contributed by atoms with van der Waals surface area (Å²) in [5, 5.41) is 5.85. The highest BCUT2D eigenvalue weighted by Crippen LogP contribution is 2.23. The fourth-order valence-corrected chi connectivity index (χ4v) is 2.92. The van der Waals surface area contributed by atoms with Crippen molar-refractivity contribution in [1.82, 2.24) is 20.3 Å². The largest absolute Gasteiger partial charge is 0.345 e. The summed E-state index contributed by atoms with van der Waals surface area (Å²) < 4.78 is 0. The second kappa shape index (κ2) is 6.11. The van der Waals surface area contributed by atoms with Crippen molar-refractivity contribution in [2.45, 2.75) is 45.1 Å². The second-order valence-electron chi connectivity index (χ2n) is 5.79. The number of hydrogen-bond acceptors (Lipinski definition) is 3. The Balaban J connectivity index is 1.62. The molecule has 1 fully saturated rings. The number of hydrogen-bond donors (Lipinski definition) is 3. The molecule has 2 atom stereocenters. The first-order valence-corrected chi connectivity index (χ1v) is 7.60. The third-order valence-corrected chi connectivity index (χ3v) is 4.18. The number of rotatable bonds is 2. The van der Waals surface area contributed by atoms with E-state index in [9.17, 15) is 4.79 Å². The van der Waals surface area contributed by atoms with E-state index in [4.69, 9.17) is 0 Å². The van der Waals surface area contributed by atoms with Crippen LogP contribution in [0.25, 0.3) is 11.2 Å². The smallest absolute Gasteiger partial charge is 0.320 e. The number of aromatic nitrogens is 3. The molecule has 1 saturated carbocycles. The van der Waals surface area contributed by atoms with Gasteiger partial charge in [-0.15, -0.1) is 0 Å². The highest BCUT2D eigenvalue weighted by atomic mass is 16.2. The van der Waals surface area contributed by atoms with Gasteiger partial charge in [-0.1, -0.05) is 26.2 Å². The van der Waals surface area contributed by atoms with Crippen molar-refractivity contribution in [2.75, 3.05) is 5.32 Å². The van der Waals surface area contributed by atoms with Crippen molar-refractivity contribution in [3.05, 3.63) is 18.5 Å². The van der Waals surface area contributed by atoms with Gasteiger partial charge in [0.15, 0.2) is 11.5 Å². The lowest BCUT2D eigenvalue weighted by Gasteiger charge is -2.22. The van der Waals surface area contributed by atoms with Gasteiger partial charge in [-0.3, -0.25) is 5.32 Å². The van der Waals surface area contributed by atoms with Crippen molar-refractivity contribution in [1.29, 1.82) is 0 Å². The summed E-state index contributed by atoms with van der Waals surface area (Å²) in [6.07, 6.45) is 9.29. The molecule has 0 aliphatic heterocycles. The van der Waals surface area contributed by atoms with E-state index < -0.39 is 0 Å². The molecule has 6 nitrogen and oxygen atoms in total. The van der Waals surface area contributed by atoms with Crippen LogP contribution in [0.15, 0.2) is 18.5 Å². The third kappa shape index (κ3) is 3.32. The molecule has 1 aliphatic carbocycles. The molecule has 0 unspecified atom stereocenters. The topological polar surface area (TPSA) is 82.7 Å². The molecule has 2 heterocycles. The van der Waals surface area contributed by atoms with Crippen LogP contribution in [-0.4, -0.2) is 27.0 Å². The Kier molecular flexibility index (Phi) is 4.03. The first kappa shape index (κ1) is 13.9. The minimum absolute atomic E-state index is 0.196. The zero-order chi connectivity index (χ0) is 14.7. The molecule has 0 spiro atoms. The van der Waals surface area contributed by atoms with Crippen LogP contribution in [0.1, 0.15) is 39.0 Å². The highest BCUT2D eigenvalue weighted by molar-refractivity contribution is 5.89. The normalized spacial score (nSPS) is 22.7. The van der Waals surface area contributed by atoms with Crippen LogP contribution >= 0.6 is 0 Å². The highest BCUT2D eigenvalue weighted by Gasteiger charge is 2.21. The first-order valence-electron chi connectivity index (χ1n) is 7.60. The van der Waals surface area contributed by atoms with Gasteiger partial charge in [-0.05, 0) is 24.8 Å². The van der Waals surface area contributed by atoms with Crippen LogP contribution in [0.4, 0.5) is 10.6 Å². The van der Waals surface area contributed by atoms with Crippen molar-refractivity contribution in [3.63, 3.8) is 0 Å². The van der Waals surface area contributed by atoms with Crippen LogP contribution in [-0.2, 0) is 0 Å². The standard InChI is InChI=1S/C15H21N5O/c1-10-5-3-2-4-6-11(10)19-15(21)20-13-9-17-14-12(18-13)7-8-16-14/h7-11H,2-6H2,1H3,(H,16,17)(H2,18,19,20,21)/t10-,11+/m1/s1. The maximum atomic E-state index is 12.1. The van der Waals surface area contributed by atoms with Gasteiger partial charge in [-0.2, -0.15) is 0 Å². The van der Waals surface area contributed by atoms with Crippen molar-refractivity contribution in [3.8, 4) is 0 Å². The van der Waals surface area contributed by atoms with Crippen LogP contribution in [0.2, 0.25) is 0 Å². The minimum atomic E-state index is -0.196. The number of carbonyl (C=O) groups is 1. The van der Waals surface area contributed by atoms with E-state index in [0.717, 1.165) is 17.6 Å². The Bertz CT molecular complexity index is 623. The quantitative estimate of drug-likeness (QED) is 0.742. The monoisotopic (exact) mass is 287 g/mol. The third-order valence-electron chi connectivity index (χ3n) is 4.18. The van der Waals surface area contributed by atoms with Gasteiger partial charge in [0.1, 0.15) is 5.52 Å². The lowest BCUT2D eigenvalue weighted by molar-refractivity contribution is 0.242. The Hall–Kier alpha value is -2.11. The van der Waals surface area contributed by atoms with E-state index in [1.165, 1.54) is 25.7 Å². The van der Waals surface area contributed by atoms with E-state index in [1.807, 2.05) is 6.07 Å². The number of aromatic amines is 1. The molecule has 2 aromatic heterocycles. The maximum absolute atomic E-state index is 12.1. The number of anilines is 1. The van der Waals surface area contributed by atoms with Crippen LogP contribution in [0.5, 0.6) is 0 Å². The minimum Gasteiger partial charge on any atom is -0.345 e. The number of nitrogens with one attached hydrogen (secondary N) is 3. The Morgan fingerprint density at radius 3 is 3.10 bits per heavy atom. The summed E-state index contributed by atoms with van der Waals surface area (Å²) in [4.78, 5) is 23.6. The number of H-pyrrole nitrogens is 1. The summed E-state index contributed by atoms with van der Waals surface area (Å²) in [5.74, 6) is 0.998. The van der Waals surface area contributed by atoms with Gasteiger partial charge in [0.2, 0.25) is 0 Å². The van der Waals surface area contributed by atoms with Gasteiger partial charge in [0.05, 0.1) is 6.20 Å². The van der Waals surface area contributed by atoms with E-state index in [1.54, 1.807) is 12.4 Å².